The largest absolute Gasteiger partial charge is 0.481 e. The molecule has 122 valence electrons. The standard InChI is InChI=1S/C16H10ClNO6/c17-12-6-5-9(7-13(12)18(23)24)16(22)11-4-2-1-3-10(11)14(19)8-15(20)21/h1-7H,8H2,(H,20,21). The van der Waals surface area contributed by atoms with Gasteiger partial charge in [-0.1, -0.05) is 35.9 Å². The van der Waals surface area contributed by atoms with E-state index in [1.54, 1.807) is 0 Å². The molecule has 2 aromatic carbocycles. The number of carbonyl (C=O) groups is 3. The Balaban J connectivity index is 2.48. The molecule has 2 aromatic rings. The number of halogens is 1. The molecule has 0 bridgehead atoms. The summed E-state index contributed by atoms with van der Waals surface area (Å²) in [5.74, 6) is -2.68. The normalized spacial score (nSPS) is 10.2. The van der Waals surface area contributed by atoms with Crippen LogP contribution in [0.4, 0.5) is 5.69 Å². The second kappa shape index (κ2) is 7.01. The third kappa shape index (κ3) is 3.64. The molecule has 0 aromatic heterocycles. The number of rotatable bonds is 6. The zero-order valence-electron chi connectivity index (χ0n) is 12.1. The first-order valence-electron chi connectivity index (χ1n) is 6.64. The van der Waals surface area contributed by atoms with Crippen molar-refractivity contribution in [1.82, 2.24) is 0 Å². The summed E-state index contributed by atoms with van der Waals surface area (Å²) >= 11 is 5.71. The van der Waals surface area contributed by atoms with E-state index in [1.165, 1.54) is 36.4 Å². The first-order chi connectivity index (χ1) is 11.3. The van der Waals surface area contributed by atoms with Crippen LogP contribution in [0.3, 0.4) is 0 Å². The summed E-state index contributed by atoms with van der Waals surface area (Å²) in [4.78, 5) is 45.5. The smallest absolute Gasteiger partial charge is 0.311 e. The maximum Gasteiger partial charge on any atom is 0.311 e. The number of hydrogen-bond donors (Lipinski definition) is 1. The predicted molar refractivity (Wildman–Crippen MR) is 84.6 cm³/mol. The number of nitro groups is 1. The van der Waals surface area contributed by atoms with E-state index in [0.29, 0.717) is 0 Å². The quantitative estimate of drug-likeness (QED) is 0.371. The number of ketones is 2. The van der Waals surface area contributed by atoms with Gasteiger partial charge in [0.05, 0.1) is 4.92 Å². The number of nitrogens with zero attached hydrogens (tertiary/aromatic N) is 1. The zero-order chi connectivity index (χ0) is 17.9. The number of hydrogen-bond acceptors (Lipinski definition) is 5. The van der Waals surface area contributed by atoms with Gasteiger partial charge in [0.25, 0.3) is 5.69 Å². The molecule has 0 aliphatic heterocycles. The molecule has 0 fully saturated rings. The number of carboxylic acid groups (broad SMARTS) is 1. The minimum atomic E-state index is -1.32. The van der Waals surface area contributed by atoms with E-state index in [1.807, 2.05) is 0 Å². The molecule has 0 radical (unpaired) electrons. The van der Waals surface area contributed by atoms with E-state index in [2.05, 4.69) is 0 Å². The Hall–Kier alpha value is -3.06. The summed E-state index contributed by atoms with van der Waals surface area (Å²) < 4.78 is 0. The SMILES string of the molecule is O=C(O)CC(=O)c1ccccc1C(=O)c1ccc(Cl)c([N+](=O)[O-])c1. The third-order valence-electron chi connectivity index (χ3n) is 3.19. The highest BCUT2D eigenvalue weighted by Crippen LogP contribution is 2.27. The van der Waals surface area contributed by atoms with Crippen LogP contribution < -0.4 is 0 Å². The van der Waals surface area contributed by atoms with Crippen molar-refractivity contribution in [2.75, 3.05) is 0 Å². The van der Waals surface area contributed by atoms with Crippen LogP contribution >= 0.6 is 11.6 Å². The summed E-state index contributed by atoms with van der Waals surface area (Å²) in [5, 5.41) is 19.5. The molecule has 24 heavy (non-hydrogen) atoms. The van der Waals surface area contributed by atoms with E-state index in [-0.39, 0.29) is 21.7 Å². The molecule has 8 heteroatoms. The Kier molecular flexibility index (Phi) is 5.05. The highest BCUT2D eigenvalue weighted by atomic mass is 35.5. The lowest BCUT2D eigenvalue weighted by Gasteiger charge is -2.07. The first kappa shape index (κ1) is 17.3. The Morgan fingerprint density at radius 2 is 1.71 bits per heavy atom. The number of Topliss-reactive ketones (excluding diaryl/α,β-unsaturated/α-hetero) is 1. The Labute approximate surface area is 140 Å². The molecule has 0 amide bonds. The molecule has 7 nitrogen and oxygen atoms in total. The van der Waals surface area contributed by atoms with Crippen molar-refractivity contribution in [2.45, 2.75) is 6.42 Å². The number of nitro benzene ring substituents is 1. The lowest BCUT2D eigenvalue weighted by atomic mass is 9.95. The van der Waals surface area contributed by atoms with Crippen molar-refractivity contribution in [3.8, 4) is 0 Å². The minimum absolute atomic E-state index is 0.0262. The summed E-state index contributed by atoms with van der Waals surface area (Å²) in [6.45, 7) is 0. The molecular formula is C16H10ClNO6. The average Bonchev–Trinajstić information content (AvgIpc) is 2.53. The average molecular weight is 348 g/mol. The number of benzene rings is 2. The highest BCUT2D eigenvalue weighted by Gasteiger charge is 2.22. The first-order valence-corrected chi connectivity index (χ1v) is 7.01. The van der Waals surface area contributed by atoms with E-state index in [0.717, 1.165) is 6.07 Å². The van der Waals surface area contributed by atoms with Gasteiger partial charge in [0.1, 0.15) is 11.4 Å². The molecule has 0 saturated carbocycles. The summed E-state index contributed by atoms with van der Waals surface area (Å²) in [7, 11) is 0. The van der Waals surface area contributed by atoms with Gasteiger partial charge in [-0.25, -0.2) is 0 Å². The van der Waals surface area contributed by atoms with Gasteiger partial charge in [-0.3, -0.25) is 24.5 Å². The van der Waals surface area contributed by atoms with Gasteiger partial charge in [-0.2, -0.15) is 0 Å². The van der Waals surface area contributed by atoms with Gasteiger partial charge < -0.3 is 5.11 Å². The Bertz CT molecular complexity index is 861. The lowest BCUT2D eigenvalue weighted by molar-refractivity contribution is -0.384. The van der Waals surface area contributed by atoms with Crippen LogP contribution in [-0.4, -0.2) is 27.6 Å². The molecule has 0 heterocycles. The third-order valence-corrected chi connectivity index (χ3v) is 3.51. The zero-order valence-corrected chi connectivity index (χ0v) is 12.8. The van der Waals surface area contributed by atoms with Crippen LogP contribution in [0.5, 0.6) is 0 Å². The van der Waals surface area contributed by atoms with Gasteiger partial charge in [-0.15, -0.1) is 0 Å². The molecule has 0 atom stereocenters. The molecule has 1 N–H and O–H groups in total. The van der Waals surface area contributed by atoms with Crippen molar-refractivity contribution < 1.29 is 24.4 Å². The maximum absolute atomic E-state index is 12.6. The second-order valence-corrected chi connectivity index (χ2v) is 5.20. The van der Waals surface area contributed by atoms with E-state index >= 15 is 0 Å². The summed E-state index contributed by atoms with van der Waals surface area (Å²) in [6.07, 6.45) is -0.759. The lowest BCUT2D eigenvalue weighted by Crippen LogP contribution is -2.13. The maximum atomic E-state index is 12.6. The Morgan fingerprint density at radius 3 is 2.29 bits per heavy atom. The van der Waals surface area contributed by atoms with Crippen LogP contribution in [0, 0.1) is 10.1 Å². The Morgan fingerprint density at radius 1 is 1.08 bits per heavy atom. The molecule has 0 spiro atoms. The molecule has 0 aliphatic carbocycles. The highest BCUT2D eigenvalue weighted by molar-refractivity contribution is 6.33. The van der Waals surface area contributed by atoms with Crippen molar-refractivity contribution in [3.05, 3.63) is 74.3 Å². The summed E-state index contributed by atoms with van der Waals surface area (Å²) in [6, 6.07) is 9.24. The van der Waals surface area contributed by atoms with Gasteiger partial charge in [-0.05, 0) is 12.1 Å². The fourth-order valence-corrected chi connectivity index (χ4v) is 2.29. The number of carboxylic acids is 1. The monoisotopic (exact) mass is 347 g/mol. The van der Waals surface area contributed by atoms with Crippen molar-refractivity contribution in [1.29, 1.82) is 0 Å². The molecular weight excluding hydrogens is 338 g/mol. The fourth-order valence-electron chi connectivity index (χ4n) is 2.11. The molecule has 0 aliphatic rings. The van der Waals surface area contributed by atoms with E-state index in [4.69, 9.17) is 16.7 Å². The molecule has 2 rings (SSSR count). The molecule has 0 unspecified atom stereocenters. The van der Waals surface area contributed by atoms with Crippen LogP contribution in [0.2, 0.25) is 5.02 Å². The topological polar surface area (TPSA) is 115 Å². The second-order valence-electron chi connectivity index (χ2n) is 4.79. The fraction of sp³-hybridized carbons (Fsp3) is 0.0625. The van der Waals surface area contributed by atoms with Gasteiger partial charge in [0.2, 0.25) is 0 Å². The van der Waals surface area contributed by atoms with E-state index in [9.17, 15) is 24.5 Å². The number of aliphatic carboxylic acids is 1. The van der Waals surface area contributed by atoms with Gasteiger partial charge in [0.15, 0.2) is 11.6 Å². The van der Waals surface area contributed by atoms with Crippen LogP contribution in [-0.2, 0) is 4.79 Å². The number of carbonyl (C=O) groups excluding carboxylic acids is 2. The van der Waals surface area contributed by atoms with Crippen molar-refractivity contribution in [3.63, 3.8) is 0 Å². The van der Waals surface area contributed by atoms with Crippen molar-refractivity contribution in [2.24, 2.45) is 0 Å². The van der Waals surface area contributed by atoms with Crippen molar-refractivity contribution >= 4 is 34.8 Å². The van der Waals surface area contributed by atoms with Crippen LogP contribution in [0.1, 0.15) is 32.7 Å². The minimum Gasteiger partial charge on any atom is -0.481 e. The van der Waals surface area contributed by atoms with Gasteiger partial charge >= 0.3 is 5.97 Å². The molecule has 0 saturated heterocycles. The van der Waals surface area contributed by atoms with Gasteiger partial charge in [0, 0.05) is 22.8 Å². The van der Waals surface area contributed by atoms with E-state index < -0.39 is 34.6 Å². The predicted octanol–water partition coefficient (Wildman–Crippen LogP) is 3.14. The van der Waals surface area contributed by atoms with Crippen LogP contribution in [0.15, 0.2) is 42.5 Å². The van der Waals surface area contributed by atoms with Crippen LogP contribution in [0.25, 0.3) is 0 Å². The summed E-state index contributed by atoms with van der Waals surface area (Å²) in [5.41, 5.74) is -0.540.